The van der Waals surface area contributed by atoms with Gasteiger partial charge in [-0.3, -0.25) is 0 Å². The minimum absolute atomic E-state index is 0.809. The lowest BCUT2D eigenvalue weighted by molar-refractivity contribution is 1.15. The van der Waals surface area contributed by atoms with E-state index in [1.165, 1.54) is 16.3 Å². The quantitative estimate of drug-likeness (QED) is 0.346. The van der Waals surface area contributed by atoms with Crippen molar-refractivity contribution in [1.82, 2.24) is 0 Å². The maximum atomic E-state index is 6.65. The Labute approximate surface area is 175 Å². The Morgan fingerprint density at radius 2 is 1.10 bits per heavy atom. The topological polar surface area (TPSA) is 52.0 Å². The zero-order valence-corrected chi connectivity index (χ0v) is 18.6. The summed E-state index contributed by atoms with van der Waals surface area (Å²) in [5.74, 6) is 0. The molecule has 2 heteroatoms. The molecule has 0 aliphatic rings. The molecule has 29 heavy (non-hydrogen) atoms. The van der Waals surface area contributed by atoms with Crippen LogP contribution in [0.2, 0.25) is 0 Å². The number of nitrogen functional groups attached to an aromatic ring is 2. The summed E-state index contributed by atoms with van der Waals surface area (Å²) in [6.07, 6.45) is 0.896. The van der Waals surface area contributed by atoms with Crippen molar-refractivity contribution < 1.29 is 0 Å². The van der Waals surface area contributed by atoms with Gasteiger partial charge in [-0.2, -0.15) is 0 Å². The summed E-state index contributed by atoms with van der Waals surface area (Å²) in [6, 6.07) is 21.1. The lowest BCUT2D eigenvalue weighted by Gasteiger charge is -2.19. The van der Waals surface area contributed by atoms with Crippen LogP contribution in [0, 0.1) is 6.92 Å². The molecular weight excluding hydrogens is 352 g/mol. The third-order valence-corrected chi connectivity index (χ3v) is 5.10. The summed E-state index contributed by atoms with van der Waals surface area (Å²) in [5.41, 5.74) is 19.2. The fourth-order valence-electron chi connectivity index (χ4n) is 3.76. The van der Waals surface area contributed by atoms with Crippen molar-refractivity contribution in [3.05, 3.63) is 71.8 Å². The van der Waals surface area contributed by atoms with Crippen molar-refractivity contribution in [2.24, 2.45) is 0 Å². The highest BCUT2D eigenvalue weighted by atomic mass is 14.6. The van der Waals surface area contributed by atoms with Crippen LogP contribution in [0.25, 0.3) is 32.7 Å². The van der Waals surface area contributed by atoms with Crippen molar-refractivity contribution >= 4 is 32.9 Å². The first kappa shape index (κ1) is 22.3. The fourth-order valence-corrected chi connectivity index (χ4v) is 3.76. The standard InChI is InChI=1S/C23H22N2.2C2H6/c1-3-15-13-17-9-5-7-11-19(17)21(23(15)25)20-18-10-6-4-8-16(18)12-14(2)22(20)24;2*1-2/h4-13H,3,24-25H2,1-2H3;2*1-2H3. The molecule has 0 heterocycles. The van der Waals surface area contributed by atoms with Crippen molar-refractivity contribution in [2.75, 3.05) is 11.5 Å². The minimum Gasteiger partial charge on any atom is -0.398 e. The SMILES string of the molecule is CC.CC.CCc1cc2ccccc2c(-c2c(N)c(C)cc3ccccc23)c1N. The van der Waals surface area contributed by atoms with Crippen molar-refractivity contribution in [2.45, 2.75) is 48.0 Å². The molecule has 0 saturated carbocycles. The Hall–Kier alpha value is -3.00. The maximum absolute atomic E-state index is 6.65. The van der Waals surface area contributed by atoms with Crippen LogP contribution in [0.1, 0.15) is 45.7 Å². The molecule has 4 rings (SSSR count). The average Bonchev–Trinajstić information content (AvgIpc) is 2.78. The van der Waals surface area contributed by atoms with Gasteiger partial charge in [-0.25, -0.2) is 0 Å². The van der Waals surface area contributed by atoms with Gasteiger partial charge in [0.2, 0.25) is 0 Å². The van der Waals surface area contributed by atoms with Gasteiger partial charge in [-0.1, -0.05) is 83.1 Å². The van der Waals surface area contributed by atoms with Crippen LogP contribution < -0.4 is 11.5 Å². The smallest absolute Gasteiger partial charge is 0.0433 e. The molecule has 4 aromatic carbocycles. The number of fused-ring (bicyclic) bond motifs is 2. The van der Waals surface area contributed by atoms with E-state index in [1.54, 1.807) is 0 Å². The van der Waals surface area contributed by atoms with Gasteiger partial charge >= 0.3 is 0 Å². The molecule has 152 valence electrons. The second kappa shape index (κ2) is 9.97. The number of hydrogen-bond acceptors (Lipinski definition) is 2. The zero-order chi connectivity index (χ0) is 21.6. The van der Waals surface area contributed by atoms with Crippen LogP contribution in [0.3, 0.4) is 0 Å². The van der Waals surface area contributed by atoms with E-state index in [1.807, 2.05) is 27.7 Å². The molecule has 0 unspecified atom stereocenters. The number of anilines is 2. The molecule has 4 N–H and O–H groups in total. The molecule has 2 nitrogen and oxygen atoms in total. The summed E-state index contributed by atoms with van der Waals surface area (Å²) >= 11 is 0. The Balaban J connectivity index is 0.000000707. The predicted octanol–water partition coefficient (Wildman–Crippen LogP) is 7.75. The number of hydrogen-bond donors (Lipinski definition) is 2. The van der Waals surface area contributed by atoms with Crippen LogP contribution in [0.15, 0.2) is 60.7 Å². The summed E-state index contributed by atoms with van der Waals surface area (Å²) in [4.78, 5) is 0. The Bertz CT molecular complexity index is 1110. The second-order valence-electron chi connectivity index (χ2n) is 6.60. The molecule has 0 bridgehead atoms. The molecular formula is C27H34N2. The normalized spacial score (nSPS) is 10.1. The lowest BCUT2D eigenvalue weighted by Crippen LogP contribution is -2.02. The molecule has 0 spiro atoms. The highest BCUT2D eigenvalue weighted by Gasteiger charge is 2.18. The maximum Gasteiger partial charge on any atom is 0.0433 e. The second-order valence-corrected chi connectivity index (χ2v) is 6.60. The molecule has 0 radical (unpaired) electrons. The highest BCUT2D eigenvalue weighted by molar-refractivity contribution is 6.14. The number of aryl methyl sites for hydroxylation is 2. The van der Waals surface area contributed by atoms with E-state index in [9.17, 15) is 0 Å². The van der Waals surface area contributed by atoms with Gasteiger partial charge in [-0.05, 0) is 58.1 Å². The largest absolute Gasteiger partial charge is 0.398 e. The number of nitrogens with two attached hydrogens (primary N) is 2. The predicted molar refractivity (Wildman–Crippen MR) is 133 cm³/mol. The zero-order valence-electron chi connectivity index (χ0n) is 18.6. The first-order valence-corrected chi connectivity index (χ1v) is 10.7. The summed E-state index contributed by atoms with van der Waals surface area (Å²) in [5, 5.41) is 4.69. The Kier molecular flexibility index (Phi) is 7.67. The first-order valence-electron chi connectivity index (χ1n) is 10.7. The van der Waals surface area contributed by atoms with E-state index in [4.69, 9.17) is 11.5 Å². The third kappa shape index (κ3) is 4.07. The van der Waals surface area contributed by atoms with E-state index in [0.717, 1.165) is 45.3 Å². The molecule has 0 aromatic heterocycles. The minimum atomic E-state index is 0.809. The Morgan fingerprint density at radius 1 is 0.655 bits per heavy atom. The van der Waals surface area contributed by atoms with Gasteiger partial charge in [0.1, 0.15) is 0 Å². The Morgan fingerprint density at radius 3 is 1.62 bits per heavy atom. The molecule has 0 fully saturated rings. The third-order valence-electron chi connectivity index (χ3n) is 5.10. The van der Waals surface area contributed by atoms with Crippen molar-refractivity contribution in [3.8, 4) is 11.1 Å². The van der Waals surface area contributed by atoms with E-state index >= 15 is 0 Å². The summed E-state index contributed by atoms with van der Waals surface area (Å²) < 4.78 is 0. The number of rotatable bonds is 2. The highest BCUT2D eigenvalue weighted by Crippen LogP contribution is 2.44. The van der Waals surface area contributed by atoms with Gasteiger partial charge in [-0.15, -0.1) is 0 Å². The van der Waals surface area contributed by atoms with Gasteiger partial charge in [0, 0.05) is 22.5 Å². The molecule has 4 aromatic rings. The van der Waals surface area contributed by atoms with Crippen LogP contribution in [0.4, 0.5) is 11.4 Å². The van der Waals surface area contributed by atoms with Crippen LogP contribution in [0.5, 0.6) is 0 Å². The van der Waals surface area contributed by atoms with Crippen LogP contribution in [-0.2, 0) is 6.42 Å². The van der Waals surface area contributed by atoms with Crippen LogP contribution in [-0.4, -0.2) is 0 Å². The molecule has 0 saturated heterocycles. The van der Waals surface area contributed by atoms with Crippen molar-refractivity contribution in [1.29, 1.82) is 0 Å². The summed E-state index contributed by atoms with van der Waals surface area (Å²) in [7, 11) is 0. The number of benzene rings is 4. The molecule has 0 aliphatic carbocycles. The summed E-state index contributed by atoms with van der Waals surface area (Å²) in [6.45, 7) is 12.2. The van der Waals surface area contributed by atoms with E-state index < -0.39 is 0 Å². The average molecular weight is 387 g/mol. The molecule has 0 aliphatic heterocycles. The van der Waals surface area contributed by atoms with Gasteiger partial charge in [0.25, 0.3) is 0 Å². The molecule has 0 amide bonds. The van der Waals surface area contributed by atoms with Crippen molar-refractivity contribution in [3.63, 3.8) is 0 Å². The van der Waals surface area contributed by atoms with E-state index in [0.29, 0.717) is 0 Å². The van der Waals surface area contributed by atoms with Gasteiger partial charge in [0.15, 0.2) is 0 Å². The fraction of sp³-hybridized carbons (Fsp3) is 0.259. The van der Waals surface area contributed by atoms with E-state index in [-0.39, 0.29) is 0 Å². The molecule has 0 atom stereocenters. The monoisotopic (exact) mass is 386 g/mol. The lowest BCUT2D eigenvalue weighted by atomic mass is 9.87. The van der Waals surface area contributed by atoms with E-state index in [2.05, 4.69) is 74.5 Å². The van der Waals surface area contributed by atoms with Gasteiger partial charge in [0.05, 0.1) is 0 Å². The van der Waals surface area contributed by atoms with Crippen LogP contribution >= 0.6 is 0 Å². The van der Waals surface area contributed by atoms with Gasteiger partial charge < -0.3 is 11.5 Å². The first-order chi connectivity index (χ1) is 14.1.